The number of carboxylic acid groups (broad SMARTS) is 1. The summed E-state index contributed by atoms with van der Waals surface area (Å²) in [5, 5.41) is 12.1. The van der Waals surface area contributed by atoms with Gasteiger partial charge in [0.15, 0.2) is 0 Å². The summed E-state index contributed by atoms with van der Waals surface area (Å²) in [6, 6.07) is 0.205. The van der Waals surface area contributed by atoms with Crippen LogP contribution in [0, 0.1) is 5.92 Å². The number of hydrogen-bond acceptors (Lipinski definition) is 3. The fourth-order valence-electron chi connectivity index (χ4n) is 1.85. The third kappa shape index (κ3) is 3.12. The molecule has 0 spiro atoms. The van der Waals surface area contributed by atoms with Crippen molar-refractivity contribution in [1.29, 1.82) is 0 Å². The molecule has 0 aromatic heterocycles. The third-order valence-corrected chi connectivity index (χ3v) is 2.65. The molecule has 3 atom stereocenters. The third-order valence-electron chi connectivity index (χ3n) is 2.65. The second-order valence-corrected chi connectivity index (χ2v) is 3.53. The van der Waals surface area contributed by atoms with Crippen LogP contribution in [0.4, 0.5) is 0 Å². The average Bonchev–Trinajstić information content (AvgIpc) is 2.58. The molecule has 84 valence electrons. The molecule has 4 nitrogen and oxygen atoms in total. The minimum atomic E-state index is -0.791. The zero-order valence-corrected chi connectivity index (χ0v) is 9.34. The van der Waals surface area contributed by atoms with Gasteiger partial charge in [0.1, 0.15) is 0 Å². The van der Waals surface area contributed by atoms with Crippen LogP contribution in [0.1, 0.15) is 19.8 Å². The van der Waals surface area contributed by atoms with Gasteiger partial charge in [0.05, 0.1) is 12.0 Å². The van der Waals surface area contributed by atoms with E-state index in [2.05, 4.69) is 5.32 Å². The topological polar surface area (TPSA) is 58.6 Å². The number of methoxy groups -OCH3 is 1. The molecule has 0 aliphatic carbocycles. The highest BCUT2D eigenvalue weighted by atomic mass is 35.5. The van der Waals surface area contributed by atoms with Crippen molar-refractivity contribution < 1.29 is 14.6 Å². The summed E-state index contributed by atoms with van der Waals surface area (Å²) in [5.74, 6) is -1.24. The second kappa shape index (κ2) is 6.22. The highest BCUT2D eigenvalue weighted by Crippen LogP contribution is 2.18. The molecule has 1 fully saturated rings. The van der Waals surface area contributed by atoms with Crippen LogP contribution in [0.15, 0.2) is 0 Å². The highest BCUT2D eigenvalue weighted by molar-refractivity contribution is 5.85. The molecule has 0 aromatic rings. The van der Waals surface area contributed by atoms with Crippen molar-refractivity contribution in [3.05, 3.63) is 0 Å². The van der Waals surface area contributed by atoms with Crippen LogP contribution in [0.5, 0.6) is 0 Å². The Hall–Kier alpha value is -0.320. The molecule has 0 bridgehead atoms. The van der Waals surface area contributed by atoms with Gasteiger partial charge < -0.3 is 15.2 Å². The number of halogens is 1. The van der Waals surface area contributed by atoms with E-state index in [-0.39, 0.29) is 24.6 Å². The van der Waals surface area contributed by atoms with E-state index in [1.807, 2.05) is 0 Å². The van der Waals surface area contributed by atoms with Crippen molar-refractivity contribution in [2.45, 2.75) is 31.9 Å². The molecule has 14 heavy (non-hydrogen) atoms. The number of rotatable bonds is 4. The van der Waals surface area contributed by atoms with Crippen LogP contribution in [0.2, 0.25) is 0 Å². The molecule has 5 heteroatoms. The molecule has 1 aliphatic heterocycles. The molecular weight excluding hydrogens is 206 g/mol. The molecule has 0 aromatic carbocycles. The Balaban J connectivity index is 0.00000169. The SMILES string of the molecule is CO[C@@H]([C@H](C)C(=O)O)[C@H]1CCCN1.Cl. The van der Waals surface area contributed by atoms with Gasteiger partial charge in [0.2, 0.25) is 0 Å². The Morgan fingerprint density at radius 3 is 2.64 bits per heavy atom. The summed E-state index contributed by atoms with van der Waals surface area (Å²) in [7, 11) is 1.57. The van der Waals surface area contributed by atoms with Crippen molar-refractivity contribution in [2.75, 3.05) is 13.7 Å². The molecule has 0 unspecified atom stereocenters. The molecule has 0 amide bonds. The maximum Gasteiger partial charge on any atom is 0.308 e. The highest BCUT2D eigenvalue weighted by Gasteiger charge is 2.32. The van der Waals surface area contributed by atoms with Crippen molar-refractivity contribution in [3.8, 4) is 0 Å². The van der Waals surface area contributed by atoms with Crippen molar-refractivity contribution in [2.24, 2.45) is 5.92 Å². The first-order valence-electron chi connectivity index (χ1n) is 4.65. The first-order chi connectivity index (χ1) is 6.16. The average molecular weight is 224 g/mol. The molecule has 0 radical (unpaired) electrons. The fraction of sp³-hybridized carbons (Fsp3) is 0.889. The number of aliphatic carboxylic acids is 1. The Bertz CT molecular complexity index is 183. The Morgan fingerprint density at radius 2 is 2.29 bits per heavy atom. The molecular formula is C9H18ClNO3. The molecule has 2 N–H and O–H groups in total. The summed E-state index contributed by atoms with van der Waals surface area (Å²) in [5.41, 5.74) is 0. The number of nitrogens with one attached hydrogen (secondary N) is 1. The quantitative estimate of drug-likeness (QED) is 0.744. The standard InChI is InChI=1S/C9H17NO3.ClH/c1-6(9(11)12)8(13-2)7-4-3-5-10-7;/h6-8,10H,3-5H2,1-2H3,(H,11,12);1H/t6-,7+,8-;/m0./s1. The Labute approximate surface area is 90.4 Å². The number of ether oxygens (including phenoxy) is 1. The maximum atomic E-state index is 10.7. The van der Waals surface area contributed by atoms with Crippen LogP contribution >= 0.6 is 12.4 Å². The van der Waals surface area contributed by atoms with Gasteiger partial charge in [-0.25, -0.2) is 0 Å². The minimum absolute atomic E-state index is 0. The molecule has 1 heterocycles. The lowest BCUT2D eigenvalue weighted by atomic mass is 9.97. The van der Waals surface area contributed by atoms with Gasteiger partial charge in [-0.05, 0) is 26.3 Å². The largest absolute Gasteiger partial charge is 0.481 e. The van der Waals surface area contributed by atoms with E-state index in [1.54, 1.807) is 14.0 Å². The van der Waals surface area contributed by atoms with Crippen LogP contribution in [-0.4, -0.2) is 36.9 Å². The first kappa shape index (κ1) is 13.7. The molecule has 1 aliphatic rings. The van der Waals surface area contributed by atoms with Crippen LogP contribution in [0.25, 0.3) is 0 Å². The normalized spacial score (nSPS) is 25.1. The van der Waals surface area contributed by atoms with Crippen molar-refractivity contribution in [3.63, 3.8) is 0 Å². The predicted molar refractivity (Wildman–Crippen MR) is 55.9 cm³/mol. The summed E-state index contributed by atoms with van der Waals surface area (Å²) in [6.45, 7) is 2.66. The number of carboxylic acids is 1. The lowest BCUT2D eigenvalue weighted by Crippen LogP contribution is -2.43. The smallest absolute Gasteiger partial charge is 0.308 e. The first-order valence-corrected chi connectivity index (χ1v) is 4.65. The maximum absolute atomic E-state index is 10.7. The Morgan fingerprint density at radius 1 is 1.64 bits per heavy atom. The van der Waals surface area contributed by atoms with Gasteiger partial charge in [0, 0.05) is 13.2 Å². The van der Waals surface area contributed by atoms with E-state index in [0.29, 0.717) is 0 Å². The lowest BCUT2D eigenvalue weighted by molar-refractivity contribution is -0.146. The van der Waals surface area contributed by atoms with Gasteiger partial charge in [-0.15, -0.1) is 12.4 Å². The van der Waals surface area contributed by atoms with E-state index in [0.717, 1.165) is 19.4 Å². The van der Waals surface area contributed by atoms with Crippen molar-refractivity contribution >= 4 is 18.4 Å². The van der Waals surface area contributed by atoms with Gasteiger partial charge in [-0.1, -0.05) is 0 Å². The van der Waals surface area contributed by atoms with Crippen LogP contribution in [0.3, 0.4) is 0 Å². The van der Waals surface area contributed by atoms with Crippen LogP contribution in [-0.2, 0) is 9.53 Å². The zero-order valence-electron chi connectivity index (χ0n) is 8.53. The molecule has 0 saturated carbocycles. The van der Waals surface area contributed by atoms with E-state index in [9.17, 15) is 4.79 Å². The number of hydrogen-bond donors (Lipinski definition) is 2. The van der Waals surface area contributed by atoms with E-state index < -0.39 is 11.9 Å². The summed E-state index contributed by atoms with van der Waals surface area (Å²) in [6.07, 6.45) is 1.91. The van der Waals surface area contributed by atoms with Gasteiger partial charge >= 0.3 is 5.97 Å². The lowest BCUT2D eigenvalue weighted by Gasteiger charge is -2.25. The monoisotopic (exact) mass is 223 g/mol. The van der Waals surface area contributed by atoms with E-state index in [4.69, 9.17) is 9.84 Å². The fourth-order valence-corrected chi connectivity index (χ4v) is 1.85. The summed E-state index contributed by atoms with van der Waals surface area (Å²) < 4.78 is 5.21. The van der Waals surface area contributed by atoms with Crippen LogP contribution < -0.4 is 5.32 Å². The van der Waals surface area contributed by atoms with E-state index >= 15 is 0 Å². The minimum Gasteiger partial charge on any atom is -0.481 e. The van der Waals surface area contributed by atoms with Gasteiger partial charge in [-0.2, -0.15) is 0 Å². The van der Waals surface area contributed by atoms with Gasteiger partial charge in [-0.3, -0.25) is 4.79 Å². The number of carbonyl (C=O) groups is 1. The zero-order chi connectivity index (χ0) is 9.84. The van der Waals surface area contributed by atoms with E-state index in [1.165, 1.54) is 0 Å². The van der Waals surface area contributed by atoms with Gasteiger partial charge in [0.25, 0.3) is 0 Å². The molecule has 1 saturated heterocycles. The molecule has 1 rings (SSSR count). The van der Waals surface area contributed by atoms with Crippen molar-refractivity contribution in [1.82, 2.24) is 5.32 Å². The Kier molecular flexibility index (Phi) is 6.08. The second-order valence-electron chi connectivity index (χ2n) is 3.53. The summed E-state index contributed by atoms with van der Waals surface area (Å²) >= 11 is 0. The predicted octanol–water partition coefficient (Wildman–Crippen LogP) is 0.896. The summed E-state index contributed by atoms with van der Waals surface area (Å²) in [4.78, 5) is 10.7.